The summed E-state index contributed by atoms with van der Waals surface area (Å²) in [5.74, 6) is 0.527. The summed E-state index contributed by atoms with van der Waals surface area (Å²) in [4.78, 5) is 18.3. The fourth-order valence-corrected chi connectivity index (χ4v) is 3.14. The third-order valence-corrected chi connectivity index (χ3v) is 4.59. The fourth-order valence-electron chi connectivity index (χ4n) is 3.14. The van der Waals surface area contributed by atoms with Crippen LogP contribution in [0.15, 0.2) is 41.7 Å². The van der Waals surface area contributed by atoms with E-state index in [0.29, 0.717) is 31.9 Å². The number of morpholine rings is 1. The molecule has 28 heavy (non-hydrogen) atoms. The van der Waals surface area contributed by atoms with Crippen molar-refractivity contribution in [3.8, 4) is 0 Å². The molecule has 2 aromatic rings. The second-order valence-corrected chi connectivity index (χ2v) is 6.57. The Hall–Kier alpha value is -2.87. The summed E-state index contributed by atoms with van der Waals surface area (Å²) in [6.07, 6.45) is 3.80. The minimum atomic E-state index is -0.299. The Labute approximate surface area is 165 Å². The van der Waals surface area contributed by atoms with Crippen molar-refractivity contribution in [3.05, 3.63) is 53.3 Å². The van der Waals surface area contributed by atoms with Crippen LogP contribution in [0.1, 0.15) is 34.5 Å². The molecular weight excluding hydrogens is 358 g/mol. The predicted octanol–water partition coefficient (Wildman–Crippen LogP) is 1.75. The lowest BCUT2D eigenvalue weighted by Crippen LogP contribution is -2.47. The number of guanidine groups is 1. The highest BCUT2D eigenvalue weighted by atomic mass is 16.5. The second kappa shape index (κ2) is 9.36. The van der Waals surface area contributed by atoms with Crippen LogP contribution in [0.3, 0.4) is 0 Å². The number of aryl methyl sites for hydroxylation is 1. The molecule has 1 aliphatic heterocycles. The largest absolute Gasteiger partial charge is 0.462 e. The van der Waals surface area contributed by atoms with E-state index >= 15 is 0 Å². The Morgan fingerprint density at radius 3 is 2.82 bits per heavy atom. The summed E-state index contributed by atoms with van der Waals surface area (Å²) >= 11 is 0. The van der Waals surface area contributed by atoms with Crippen molar-refractivity contribution in [2.75, 3.05) is 33.4 Å². The maximum atomic E-state index is 11.7. The highest BCUT2D eigenvalue weighted by molar-refractivity contribution is 5.89. The normalized spacial score (nSPS) is 17.5. The third kappa shape index (κ3) is 4.89. The molecule has 150 valence electrons. The molecule has 0 bridgehead atoms. The van der Waals surface area contributed by atoms with Crippen LogP contribution in [0.25, 0.3) is 0 Å². The van der Waals surface area contributed by atoms with E-state index in [1.165, 1.54) is 0 Å². The lowest BCUT2D eigenvalue weighted by molar-refractivity contribution is -0.00805. The average Bonchev–Trinajstić information content (AvgIpc) is 3.16. The molecule has 1 N–H and O–H groups in total. The summed E-state index contributed by atoms with van der Waals surface area (Å²) in [6, 6.07) is 7.41. The molecule has 0 radical (unpaired) electrons. The minimum Gasteiger partial charge on any atom is -0.462 e. The molecule has 1 saturated heterocycles. The molecule has 3 rings (SSSR count). The van der Waals surface area contributed by atoms with Gasteiger partial charge < -0.3 is 19.7 Å². The zero-order chi connectivity index (χ0) is 19.9. The van der Waals surface area contributed by atoms with Gasteiger partial charge >= 0.3 is 5.97 Å². The number of rotatable bonds is 5. The predicted molar refractivity (Wildman–Crippen MR) is 106 cm³/mol. The van der Waals surface area contributed by atoms with Crippen molar-refractivity contribution in [1.82, 2.24) is 20.0 Å². The number of carbonyl (C=O) groups is 1. The van der Waals surface area contributed by atoms with E-state index in [0.717, 1.165) is 23.6 Å². The number of hydrogen-bond donors (Lipinski definition) is 1. The van der Waals surface area contributed by atoms with Crippen LogP contribution in [0, 0.1) is 0 Å². The number of carbonyl (C=O) groups excluding carboxylic acids is 1. The molecule has 1 aromatic carbocycles. The van der Waals surface area contributed by atoms with Gasteiger partial charge in [-0.3, -0.25) is 9.67 Å². The number of nitrogens with zero attached hydrogens (tertiary/aromatic N) is 4. The van der Waals surface area contributed by atoms with E-state index in [4.69, 9.17) is 9.47 Å². The lowest BCUT2D eigenvalue weighted by Gasteiger charge is -2.34. The molecule has 2 heterocycles. The summed E-state index contributed by atoms with van der Waals surface area (Å²) < 4.78 is 12.7. The molecule has 0 amide bonds. The molecule has 0 saturated carbocycles. The Kier molecular flexibility index (Phi) is 6.65. The first kappa shape index (κ1) is 19.9. The molecule has 8 heteroatoms. The first-order chi connectivity index (χ1) is 13.6. The van der Waals surface area contributed by atoms with Crippen molar-refractivity contribution in [1.29, 1.82) is 0 Å². The Morgan fingerprint density at radius 1 is 1.39 bits per heavy atom. The molecule has 1 unspecified atom stereocenters. The van der Waals surface area contributed by atoms with Gasteiger partial charge in [0.05, 0.1) is 31.5 Å². The van der Waals surface area contributed by atoms with E-state index < -0.39 is 0 Å². The first-order valence-electron chi connectivity index (χ1n) is 9.42. The Balaban J connectivity index is 1.57. The second-order valence-electron chi connectivity index (χ2n) is 6.57. The van der Waals surface area contributed by atoms with Gasteiger partial charge in [-0.15, -0.1) is 0 Å². The average molecular weight is 385 g/mol. The van der Waals surface area contributed by atoms with Crippen LogP contribution in [-0.4, -0.2) is 60.0 Å². The topological polar surface area (TPSA) is 81.0 Å². The van der Waals surface area contributed by atoms with Crippen LogP contribution in [0.5, 0.6) is 0 Å². The monoisotopic (exact) mass is 385 g/mol. The molecule has 8 nitrogen and oxygen atoms in total. The van der Waals surface area contributed by atoms with Gasteiger partial charge in [0.15, 0.2) is 5.96 Å². The quantitative estimate of drug-likeness (QED) is 0.480. The molecular formula is C20H27N5O3. The highest BCUT2D eigenvalue weighted by Crippen LogP contribution is 2.21. The number of nitrogens with one attached hydrogen (secondary N) is 1. The van der Waals surface area contributed by atoms with Gasteiger partial charge in [0.25, 0.3) is 0 Å². The standard InChI is InChI=1S/C20H27N5O3/c1-4-27-19(26)16-7-5-15(6-8-16)11-22-20(21-2)25-9-10-28-18(14-25)17-12-23-24(3)13-17/h5-8,12-13,18H,4,9-11,14H2,1-3H3,(H,21,22). The maximum absolute atomic E-state index is 11.7. The van der Waals surface area contributed by atoms with Crippen LogP contribution < -0.4 is 5.32 Å². The molecule has 1 aliphatic rings. The summed E-state index contributed by atoms with van der Waals surface area (Å²) in [7, 11) is 3.68. The van der Waals surface area contributed by atoms with Crippen molar-refractivity contribution < 1.29 is 14.3 Å². The maximum Gasteiger partial charge on any atom is 0.338 e. The number of aliphatic imine (C=N–C) groups is 1. The van der Waals surface area contributed by atoms with E-state index in [2.05, 4.69) is 20.3 Å². The molecule has 1 aromatic heterocycles. The van der Waals surface area contributed by atoms with Gasteiger partial charge in [-0.05, 0) is 24.6 Å². The van der Waals surface area contributed by atoms with E-state index in [1.807, 2.05) is 31.6 Å². The van der Waals surface area contributed by atoms with Crippen LogP contribution in [0.4, 0.5) is 0 Å². The number of aromatic nitrogens is 2. The highest BCUT2D eigenvalue weighted by Gasteiger charge is 2.25. The third-order valence-electron chi connectivity index (χ3n) is 4.59. The van der Waals surface area contributed by atoms with E-state index in [9.17, 15) is 4.79 Å². The number of ether oxygens (including phenoxy) is 2. The van der Waals surface area contributed by atoms with Crippen LogP contribution >= 0.6 is 0 Å². The summed E-state index contributed by atoms with van der Waals surface area (Å²) in [5.41, 5.74) is 2.69. The van der Waals surface area contributed by atoms with Crippen molar-refractivity contribution in [3.63, 3.8) is 0 Å². The number of hydrogen-bond acceptors (Lipinski definition) is 5. The molecule has 0 spiro atoms. The van der Waals surface area contributed by atoms with Gasteiger partial charge in [-0.2, -0.15) is 5.10 Å². The Bertz CT molecular complexity index is 816. The summed E-state index contributed by atoms with van der Waals surface area (Å²) in [5, 5.41) is 7.62. The van der Waals surface area contributed by atoms with Gasteiger partial charge in [0.2, 0.25) is 0 Å². The molecule has 1 atom stereocenters. The molecule has 0 aliphatic carbocycles. The van der Waals surface area contributed by atoms with Crippen molar-refractivity contribution in [2.24, 2.45) is 12.0 Å². The van der Waals surface area contributed by atoms with Gasteiger partial charge in [0.1, 0.15) is 6.10 Å². The van der Waals surface area contributed by atoms with Gasteiger partial charge in [-0.1, -0.05) is 12.1 Å². The van der Waals surface area contributed by atoms with Crippen molar-refractivity contribution >= 4 is 11.9 Å². The molecule has 1 fully saturated rings. The van der Waals surface area contributed by atoms with Crippen LogP contribution in [0.2, 0.25) is 0 Å². The number of esters is 1. The van der Waals surface area contributed by atoms with Crippen molar-refractivity contribution in [2.45, 2.75) is 19.6 Å². The fraction of sp³-hybridized carbons (Fsp3) is 0.450. The number of benzene rings is 1. The lowest BCUT2D eigenvalue weighted by atomic mass is 10.1. The van der Waals surface area contributed by atoms with Gasteiger partial charge in [0, 0.05) is 38.9 Å². The first-order valence-corrected chi connectivity index (χ1v) is 9.42. The zero-order valence-electron chi connectivity index (χ0n) is 16.6. The minimum absolute atomic E-state index is 0.0233. The Morgan fingerprint density at radius 2 is 2.18 bits per heavy atom. The van der Waals surface area contributed by atoms with Gasteiger partial charge in [-0.25, -0.2) is 4.79 Å². The van der Waals surface area contributed by atoms with E-state index in [-0.39, 0.29) is 12.1 Å². The zero-order valence-corrected chi connectivity index (χ0v) is 16.6. The van der Waals surface area contributed by atoms with Crippen LogP contribution in [-0.2, 0) is 23.1 Å². The smallest absolute Gasteiger partial charge is 0.338 e. The SMILES string of the molecule is CCOC(=O)c1ccc(CNC(=NC)N2CCOC(c3cnn(C)c3)C2)cc1. The van der Waals surface area contributed by atoms with E-state index in [1.54, 1.807) is 30.8 Å². The summed E-state index contributed by atoms with van der Waals surface area (Å²) in [6.45, 7) is 4.91.